The number of hydrogen-bond acceptors (Lipinski definition) is 3. The molecule has 1 atom stereocenters. The van der Waals surface area contributed by atoms with Gasteiger partial charge in [0.15, 0.2) is 0 Å². The molecule has 0 aliphatic heterocycles. The van der Waals surface area contributed by atoms with Gasteiger partial charge in [0.2, 0.25) is 0 Å². The second-order valence-electron chi connectivity index (χ2n) is 5.59. The quantitative estimate of drug-likeness (QED) is 0.783. The molecule has 0 aliphatic rings. The van der Waals surface area contributed by atoms with Crippen LogP contribution in [0.25, 0.3) is 10.8 Å². The summed E-state index contributed by atoms with van der Waals surface area (Å²) in [7, 11) is 0. The smallest absolute Gasteiger partial charge is 0.326 e. The summed E-state index contributed by atoms with van der Waals surface area (Å²) in [6, 6.07) is 7.45. The lowest BCUT2D eigenvalue weighted by Crippen LogP contribution is -2.42. The van der Waals surface area contributed by atoms with Crippen LogP contribution >= 0.6 is 0 Å². The maximum absolute atomic E-state index is 12.2. The van der Waals surface area contributed by atoms with Crippen molar-refractivity contribution in [3.63, 3.8) is 0 Å². The number of H-pyrrole nitrogens is 1. The molecule has 2 rings (SSSR count). The normalized spacial score (nSPS) is 12.3. The van der Waals surface area contributed by atoms with Crippen LogP contribution in [0.2, 0.25) is 0 Å². The number of rotatable bonds is 5. The van der Waals surface area contributed by atoms with E-state index in [0.29, 0.717) is 17.2 Å². The molecule has 1 heterocycles. The van der Waals surface area contributed by atoms with Crippen molar-refractivity contribution in [1.82, 2.24) is 10.3 Å². The van der Waals surface area contributed by atoms with E-state index in [1.54, 1.807) is 30.3 Å². The summed E-state index contributed by atoms with van der Waals surface area (Å²) >= 11 is 0. The van der Waals surface area contributed by atoms with E-state index in [-0.39, 0.29) is 17.2 Å². The fraction of sp³-hybridized carbons (Fsp3) is 0.312. The molecule has 0 fully saturated rings. The molecule has 22 heavy (non-hydrogen) atoms. The van der Waals surface area contributed by atoms with Crippen molar-refractivity contribution in [3.05, 3.63) is 46.4 Å². The van der Waals surface area contributed by atoms with Gasteiger partial charge < -0.3 is 15.4 Å². The van der Waals surface area contributed by atoms with Crippen LogP contribution in [0.15, 0.2) is 35.1 Å². The number of aromatic amines is 1. The summed E-state index contributed by atoms with van der Waals surface area (Å²) in [5.41, 5.74) is -0.322. The second-order valence-corrected chi connectivity index (χ2v) is 5.59. The molecule has 0 radical (unpaired) electrons. The van der Waals surface area contributed by atoms with Crippen molar-refractivity contribution in [1.29, 1.82) is 0 Å². The number of carbonyl (C=O) groups is 2. The van der Waals surface area contributed by atoms with E-state index in [2.05, 4.69) is 10.3 Å². The number of aliphatic carboxylic acids is 1. The van der Waals surface area contributed by atoms with Crippen molar-refractivity contribution in [2.75, 3.05) is 0 Å². The van der Waals surface area contributed by atoms with Crippen molar-refractivity contribution >= 4 is 22.6 Å². The number of carbonyl (C=O) groups excluding carboxylic acids is 1. The number of carboxylic acids is 1. The molecule has 1 aromatic heterocycles. The van der Waals surface area contributed by atoms with Crippen LogP contribution in [0, 0.1) is 5.92 Å². The van der Waals surface area contributed by atoms with Crippen LogP contribution in [0.5, 0.6) is 0 Å². The van der Waals surface area contributed by atoms with Crippen molar-refractivity contribution in [3.8, 4) is 0 Å². The first-order chi connectivity index (χ1) is 10.4. The van der Waals surface area contributed by atoms with Gasteiger partial charge >= 0.3 is 5.97 Å². The van der Waals surface area contributed by atoms with Gasteiger partial charge in [0.1, 0.15) is 11.7 Å². The van der Waals surface area contributed by atoms with E-state index in [1.165, 1.54) is 0 Å². The number of benzene rings is 1. The van der Waals surface area contributed by atoms with Gasteiger partial charge in [-0.25, -0.2) is 4.79 Å². The number of aromatic nitrogens is 1. The number of fused-ring (bicyclic) bond motifs is 1. The van der Waals surface area contributed by atoms with Gasteiger partial charge in [0.25, 0.3) is 11.5 Å². The Morgan fingerprint density at radius 1 is 1.27 bits per heavy atom. The Morgan fingerprint density at radius 2 is 1.95 bits per heavy atom. The largest absolute Gasteiger partial charge is 0.480 e. The molecule has 0 saturated heterocycles. The summed E-state index contributed by atoms with van der Waals surface area (Å²) in [6.45, 7) is 3.75. The topological polar surface area (TPSA) is 99.3 Å². The van der Waals surface area contributed by atoms with Gasteiger partial charge in [-0.1, -0.05) is 32.0 Å². The molecular weight excluding hydrogens is 284 g/mol. The highest BCUT2D eigenvalue weighted by molar-refractivity contribution is 5.98. The van der Waals surface area contributed by atoms with Gasteiger partial charge in [-0.05, 0) is 29.9 Å². The molecule has 1 amide bonds. The molecule has 2 aromatic rings. The van der Waals surface area contributed by atoms with Gasteiger partial charge in [-0.15, -0.1) is 0 Å². The minimum atomic E-state index is -1.09. The Morgan fingerprint density at radius 3 is 2.59 bits per heavy atom. The Bertz CT molecular complexity index is 764. The first-order valence-electron chi connectivity index (χ1n) is 7.04. The van der Waals surface area contributed by atoms with Crippen LogP contribution in [-0.4, -0.2) is 28.0 Å². The van der Waals surface area contributed by atoms with Gasteiger partial charge in [-0.3, -0.25) is 9.59 Å². The van der Waals surface area contributed by atoms with E-state index >= 15 is 0 Å². The Labute approximate surface area is 127 Å². The highest BCUT2D eigenvalue weighted by Crippen LogP contribution is 2.11. The third kappa shape index (κ3) is 3.52. The zero-order valence-electron chi connectivity index (χ0n) is 12.4. The molecule has 0 spiro atoms. The van der Waals surface area contributed by atoms with E-state index in [9.17, 15) is 14.4 Å². The maximum atomic E-state index is 12.2. The Hall–Kier alpha value is -2.63. The molecular formula is C16H18N2O4. The van der Waals surface area contributed by atoms with Crippen LogP contribution < -0.4 is 10.9 Å². The average Bonchev–Trinajstić information content (AvgIpc) is 2.45. The molecule has 3 N–H and O–H groups in total. The molecule has 6 heteroatoms. The summed E-state index contributed by atoms with van der Waals surface area (Å²) in [5.74, 6) is -1.57. The van der Waals surface area contributed by atoms with Crippen molar-refractivity contribution in [2.45, 2.75) is 26.3 Å². The predicted octanol–water partition coefficient (Wildman–Crippen LogP) is 1.76. The highest BCUT2D eigenvalue weighted by atomic mass is 16.4. The number of hydrogen-bond donors (Lipinski definition) is 3. The second kappa shape index (κ2) is 6.43. The van der Waals surface area contributed by atoms with Gasteiger partial charge in [0.05, 0.1) is 0 Å². The molecule has 0 unspecified atom stereocenters. The Kier molecular flexibility index (Phi) is 4.60. The van der Waals surface area contributed by atoms with Crippen LogP contribution in [0.4, 0.5) is 0 Å². The SMILES string of the molecule is CC(C)C[C@H](NC(=O)c1cc2ccccc2c(=O)[nH]1)C(=O)O. The first-order valence-corrected chi connectivity index (χ1v) is 7.04. The van der Waals surface area contributed by atoms with E-state index in [4.69, 9.17) is 5.11 Å². The zero-order valence-corrected chi connectivity index (χ0v) is 12.4. The van der Waals surface area contributed by atoms with E-state index in [0.717, 1.165) is 0 Å². The first kappa shape index (κ1) is 15.8. The summed E-state index contributed by atoms with van der Waals surface area (Å²) in [5, 5.41) is 12.7. The minimum Gasteiger partial charge on any atom is -0.480 e. The summed E-state index contributed by atoms with van der Waals surface area (Å²) in [4.78, 5) is 37.8. The third-order valence-electron chi connectivity index (χ3n) is 3.31. The fourth-order valence-electron chi connectivity index (χ4n) is 2.26. The molecule has 0 aliphatic carbocycles. The van der Waals surface area contributed by atoms with Crippen LogP contribution in [0.3, 0.4) is 0 Å². The lowest BCUT2D eigenvalue weighted by Gasteiger charge is -2.16. The molecule has 0 saturated carbocycles. The monoisotopic (exact) mass is 302 g/mol. The minimum absolute atomic E-state index is 0.0544. The molecule has 0 bridgehead atoms. The number of carboxylic acid groups (broad SMARTS) is 1. The maximum Gasteiger partial charge on any atom is 0.326 e. The van der Waals surface area contributed by atoms with Crippen molar-refractivity contribution < 1.29 is 14.7 Å². The lowest BCUT2D eigenvalue weighted by atomic mass is 10.0. The standard InChI is InChI=1S/C16H18N2O4/c1-9(2)7-13(16(21)22)18-15(20)12-8-10-5-3-4-6-11(10)14(19)17-12/h3-6,8-9,13H,7H2,1-2H3,(H,17,19)(H,18,20)(H,21,22)/t13-/m0/s1. The van der Waals surface area contributed by atoms with E-state index in [1.807, 2.05) is 13.8 Å². The summed E-state index contributed by atoms with van der Waals surface area (Å²) in [6.07, 6.45) is 0.318. The van der Waals surface area contributed by atoms with Crippen LogP contribution in [0.1, 0.15) is 30.8 Å². The average molecular weight is 302 g/mol. The fourth-order valence-corrected chi connectivity index (χ4v) is 2.26. The molecule has 116 valence electrons. The third-order valence-corrected chi connectivity index (χ3v) is 3.31. The zero-order chi connectivity index (χ0) is 16.3. The Balaban J connectivity index is 2.29. The number of amides is 1. The van der Waals surface area contributed by atoms with Crippen LogP contribution in [-0.2, 0) is 4.79 Å². The summed E-state index contributed by atoms with van der Waals surface area (Å²) < 4.78 is 0. The van der Waals surface area contributed by atoms with Gasteiger partial charge in [-0.2, -0.15) is 0 Å². The lowest BCUT2D eigenvalue weighted by molar-refractivity contribution is -0.139. The molecule has 6 nitrogen and oxygen atoms in total. The van der Waals surface area contributed by atoms with E-state index < -0.39 is 17.9 Å². The highest BCUT2D eigenvalue weighted by Gasteiger charge is 2.22. The molecule has 1 aromatic carbocycles. The van der Waals surface area contributed by atoms with Gasteiger partial charge in [0, 0.05) is 5.39 Å². The number of pyridine rings is 1. The predicted molar refractivity (Wildman–Crippen MR) is 82.9 cm³/mol. The van der Waals surface area contributed by atoms with Crippen molar-refractivity contribution in [2.24, 2.45) is 5.92 Å². The number of nitrogens with one attached hydrogen (secondary N) is 2.